The molecule has 0 aromatic heterocycles. The Morgan fingerprint density at radius 2 is 1.97 bits per heavy atom. The highest BCUT2D eigenvalue weighted by atomic mass is 16.5. The highest BCUT2D eigenvalue weighted by Crippen LogP contribution is 2.36. The van der Waals surface area contributed by atoms with Crippen LogP contribution in [-0.4, -0.2) is 78.7 Å². The number of ether oxygens (including phenoxy) is 1. The van der Waals surface area contributed by atoms with Crippen molar-refractivity contribution in [3.8, 4) is 0 Å². The van der Waals surface area contributed by atoms with Gasteiger partial charge in [0.15, 0.2) is 0 Å². The van der Waals surface area contributed by atoms with Crippen molar-refractivity contribution >= 4 is 11.5 Å². The molecule has 0 unspecified atom stereocenters. The summed E-state index contributed by atoms with van der Waals surface area (Å²) < 4.78 is 5.39. The third kappa shape index (κ3) is 4.49. The Morgan fingerprint density at radius 1 is 1.21 bits per heavy atom. The summed E-state index contributed by atoms with van der Waals surface area (Å²) in [5.41, 5.74) is 8.22. The normalized spacial score (nSPS) is 24.3. The average Bonchev–Trinajstić information content (AvgIpc) is 2.79. The molecule has 5 rings (SSSR count). The summed E-state index contributed by atoms with van der Waals surface area (Å²) in [6.45, 7) is 14.5. The van der Waals surface area contributed by atoms with E-state index in [-0.39, 0.29) is 0 Å². The second-order valence-electron chi connectivity index (χ2n) is 9.71. The molecule has 0 N–H and O–H groups in total. The van der Waals surface area contributed by atoms with Crippen molar-refractivity contribution in [2.45, 2.75) is 45.6 Å². The van der Waals surface area contributed by atoms with Crippen molar-refractivity contribution in [1.29, 1.82) is 0 Å². The third-order valence-electron chi connectivity index (χ3n) is 7.66. The van der Waals surface area contributed by atoms with E-state index in [9.17, 15) is 0 Å². The number of hydrogen-bond donors (Lipinski definition) is 0. The smallest absolute Gasteiger partial charge is 0.137 e. The highest BCUT2D eigenvalue weighted by molar-refractivity contribution is 6.12. The fraction of sp³-hybridized carbons (Fsp3) is 0.500. The fourth-order valence-electron chi connectivity index (χ4n) is 4.94. The van der Waals surface area contributed by atoms with Crippen LogP contribution in [0.5, 0.6) is 0 Å². The molecule has 0 aromatic rings. The Bertz CT molecular complexity index is 1050. The Kier molecular flexibility index (Phi) is 6.70. The zero-order valence-corrected chi connectivity index (χ0v) is 20.9. The molecule has 0 radical (unpaired) electrons. The lowest BCUT2D eigenvalue weighted by Gasteiger charge is -2.44. The molecule has 2 saturated heterocycles. The van der Waals surface area contributed by atoms with Crippen LogP contribution < -0.4 is 0 Å². The van der Waals surface area contributed by atoms with Gasteiger partial charge in [0.2, 0.25) is 0 Å². The van der Waals surface area contributed by atoms with Crippen LogP contribution in [0.3, 0.4) is 0 Å². The van der Waals surface area contributed by atoms with Crippen LogP contribution in [0.2, 0.25) is 0 Å². The number of fused-ring (bicyclic) bond motifs is 1. The van der Waals surface area contributed by atoms with Crippen molar-refractivity contribution in [3.63, 3.8) is 0 Å². The van der Waals surface area contributed by atoms with Gasteiger partial charge in [-0.15, -0.1) is 0 Å². The SMILES string of the molecule is C=C(CC)/C(C)=C/C(=NC)C1=CC(=C2CCC2)N2C=C(N3CCN(C4COC4)CC3)C=CC2=N1. The minimum atomic E-state index is 0.624. The van der Waals surface area contributed by atoms with E-state index in [2.05, 4.69) is 70.6 Å². The van der Waals surface area contributed by atoms with Gasteiger partial charge in [-0.2, -0.15) is 0 Å². The topological polar surface area (TPSA) is 43.7 Å². The molecule has 0 spiro atoms. The van der Waals surface area contributed by atoms with E-state index in [0.717, 1.165) is 81.5 Å². The Hall–Kier alpha value is -2.70. The van der Waals surface area contributed by atoms with Crippen molar-refractivity contribution in [3.05, 3.63) is 70.9 Å². The van der Waals surface area contributed by atoms with Gasteiger partial charge in [-0.05, 0) is 68.1 Å². The van der Waals surface area contributed by atoms with E-state index in [4.69, 9.17) is 9.73 Å². The first-order valence-corrected chi connectivity index (χ1v) is 12.7. The van der Waals surface area contributed by atoms with Gasteiger partial charge in [0, 0.05) is 45.1 Å². The molecule has 3 fully saturated rings. The van der Waals surface area contributed by atoms with Crippen LogP contribution in [0.1, 0.15) is 39.5 Å². The highest BCUT2D eigenvalue weighted by Gasteiger charge is 2.31. The summed E-state index contributed by atoms with van der Waals surface area (Å²) in [6, 6.07) is 0.624. The van der Waals surface area contributed by atoms with E-state index in [0.29, 0.717) is 6.04 Å². The van der Waals surface area contributed by atoms with Crippen molar-refractivity contribution in [2.75, 3.05) is 46.4 Å². The number of allylic oxidation sites excluding steroid dienone is 6. The van der Waals surface area contributed by atoms with E-state index < -0.39 is 0 Å². The zero-order valence-electron chi connectivity index (χ0n) is 20.9. The van der Waals surface area contributed by atoms with Crippen LogP contribution >= 0.6 is 0 Å². The first-order chi connectivity index (χ1) is 16.6. The number of aliphatic imine (C=N–C) groups is 2. The first kappa shape index (κ1) is 23.1. The summed E-state index contributed by atoms with van der Waals surface area (Å²) in [4.78, 5) is 17.0. The van der Waals surface area contributed by atoms with Crippen LogP contribution in [0, 0.1) is 0 Å². The van der Waals surface area contributed by atoms with Gasteiger partial charge >= 0.3 is 0 Å². The Labute approximate surface area is 204 Å². The van der Waals surface area contributed by atoms with Gasteiger partial charge in [-0.3, -0.25) is 14.8 Å². The molecule has 180 valence electrons. The number of amidine groups is 1. The van der Waals surface area contributed by atoms with E-state index in [1.807, 2.05) is 7.05 Å². The summed E-state index contributed by atoms with van der Waals surface area (Å²) in [6.07, 6.45) is 15.6. The molecule has 4 heterocycles. The predicted octanol–water partition coefficient (Wildman–Crippen LogP) is 4.43. The number of nitrogens with zero attached hydrogens (tertiary/aromatic N) is 5. The lowest BCUT2D eigenvalue weighted by atomic mass is 9.89. The maximum absolute atomic E-state index is 5.39. The maximum Gasteiger partial charge on any atom is 0.137 e. The Balaban J connectivity index is 1.38. The van der Waals surface area contributed by atoms with Crippen LogP contribution in [-0.2, 0) is 4.74 Å². The van der Waals surface area contributed by atoms with Crippen molar-refractivity contribution in [2.24, 2.45) is 9.98 Å². The summed E-state index contributed by atoms with van der Waals surface area (Å²) in [5, 5.41) is 0. The van der Waals surface area contributed by atoms with Gasteiger partial charge in [-0.1, -0.05) is 19.1 Å². The van der Waals surface area contributed by atoms with Crippen LogP contribution in [0.25, 0.3) is 0 Å². The molecule has 0 aromatic carbocycles. The molecule has 0 amide bonds. The van der Waals surface area contributed by atoms with Crippen LogP contribution in [0.15, 0.2) is 80.9 Å². The molecule has 1 aliphatic carbocycles. The molecule has 34 heavy (non-hydrogen) atoms. The fourth-order valence-corrected chi connectivity index (χ4v) is 4.94. The minimum absolute atomic E-state index is 0.624. The van der Waals surface area contributed by atoms with Gasteiger partial charge < -0.3 is 9.64 Å². The molecule has 0 bridgehead atoms. The van der Waals surface area contributed by atoms with Gasteiger partial charge in [0.05, 0.1) is 36.4 Å². The molecule has 6 heteroatoms. The van der Waals surface area contributed by atoms with Gasteiger partial charge in [-0.25, -0.2) is 4.99 Å². The van der Waals surface area contributed by atoms with Crippen LogP contribution in [0.4, 0.5) is 0 Å². The molecule has 4 aliphatic heterocycles. The monoisotopic (exact) mass is 459 g/mol. The standard InChI is InChI=1S/C28H37N5O/c1-5-20(2)21(3)15-25(29-4)26-16-27(22-7-6-8-22)33-17-23(9-10-28(33)30-26)31-11-13-32(14-12-31)24-18-34-19-24/h9-10,15-17,24H,2,5-8,11-14,18-19H2,1,3-4H3/b21-15+,29-25?. The van der Waals surface area contributed by atoms with Crippen molar-refractivity contribution < 1.29 is 4.74 Å². The predicted molar refractivity (Wildman–Crippen MR) is 140 cm³/mol. The van der Waals surface area contributed by atoms with E-state index in [1.54, 1.807) is 0 Å². The van der Waals surface area contributed by atoms with Gasteiger partial charge in [0.1, 0.15) is 5.84 Å². The molecular formula is C28H37N5O. The largest absolute Gasteiger partial charge is 0.378 e. The first-order valence-electron chi connectivity index (χ1n) is 12.7. The molecule has 5 aliphatic rings. The van der Waals surface area contributed by atoms with E-state index >= 15 is 0 Å². The molecule has 0 atom stereocenters. The lowest BCUT2D eigenvalue weighted by Crippen LogP contribution is -2.56. The molecule has 6 nitrogen and oxygen atoms in total. The molecule has 1 saturated carbocycles. The maximum atomic E-state index is 5.39. The zero-order chi connectivity index (χ0) is 23.7. The number of piperazine rings is 1. The number of rotatable bonds is 6. The molecular weight excluding hydrogens is 422 g/mol. The van der Waals surface area contributed by atoms with Crippen molar-refractivity contribution in [1.82, 2.24) is 14.7 Å². The minimum Gasteiger partial charge on any atom is -0.378 e. The lowest BCUT2D eigenvalue weighted by molar-refractivity contribution is -0.0745. The quantitative estimate of drug-likeness (QED) is 0.435. The van der Waals surface area contributed by atoms with E-state index in [1.165, 1.54) is 29.0 Å². The summed E-state index contributed by atoms with van der Waals surface area (Å²) >= 11 is 0. The second kappa shape index (κ2) is 9.88. The van der Waals surface area contributed by atoms with Gasteiger partial charge in [0.25, 0.3) is 0 Å². The summed E-state index contributed by atoms with van der Waals surface area (Å²) in [5.74, 6) is 0.974. The average molecular weight is 460 g/mol. The summed E-state index contributed by atoms with van der Waals surface area (Å²) in [7, 11) is 1.85. The third-order valence-corrected chi connectivity index (χ3v) is 7.66. The Morgan fingerprint density at radius 3 is 2.56 bits per heavy atom. The second-order valence-corrected chi connectivity index (χ2v) is 9.71. The number of hydrogen-bond acceptors (Lipinski definition) is 6.